The van der Waals surface area contributed by atoms with Crippen molar-refractivity contribution in [2.24, 2.45) is 12.8 Å². The second-order valence-electron chi connectivity index (χ2n) is 4.80. The van der Waals surface area contributed by atoms with Gasteiger partial charge in [0.1, 0.15) is 0 Å². The van der Waals surface area contributed by atoms with Crippen molar-refractivity contribution in [3.63, 3.8) is 0 Å². The Morgan fingerprint density at radius 2 is 2.05 bits per heavy atom. The van der Waals surface area contributed by atoms with Crippen LogP contribution in [0.1, 0.15) is 22.9 Å². The van der Waals surface area contributed by atoms with E-state index in [0.29, 0.717) is 0 Å². The van der Waals surface area contributed by atoms with E-state index in [1.54, 1.807) is 4.68 Å². The highest BCUT2D eigenvalue weighted by Crippen LogP contribution is 2.26. The molecule has 96 valence electrons. The largest absolute Gasteiger partial charge is 0.320 e. The number of pyridine rings is 1. The molecule has 1 unspecified atom stereocenters. The van der Waals surface area contributed by atoms with Gasteiger partial charge in [-0.1, -0.05) is 18.2 Å². The molecule has 0 aliphatic rings. The summed E-state index contributed by atoms with van der Waals surface area (Å²) in [7, 11) is 1.89. The second-order valence-corrected chi connectivity index (χ2v) is 4.80. The molecule has 1 aromatic carbocycles. The molecule has 3 aromatic rings. The van der Waals surface area contributed by atoms with Crippen molar-refractivity contribution in [2.45, 2.75) is 13.0 Å². The van der Waals surface area contributed by atoms with Crippen LogP contribution in [0.2, 0.25) is 0 Å². The van der Waals surface area contributed by atoms with Crippen LogP contribution in [0.4, 0.5) is 0 Å². The fraction of sp³-hybridized carbons (Fsp3) is 0.200. The Balaban J connectivity index is 2.19. The maximum absolute atomic E-state index is 6.38. The molecule has 0 amide bonds. The van der Waals surface area contributed by atoms with Crippen molar-refractivity contribution in [3.8, 4) is 0 Å². The molecule has 0 spiro atoms. The monoisotopic (exact) mass is 252 g/mol. The van der Waals surface area contributed by atoms with Crippen LogP contribution in [0.25, 0.3) is 10.9 Å². The molecule has 0 saturated heterocycles. The van der Waals surface area contributed by atoms with Crippen molar-refractivity contribution in [1.29, 1.82) is 0 Å². The van der Waals surface area contributed by atoms with E-state index < -0.39 is 0 Å². The van der Waals surface area contributed by atoms with Gasteiger partial charge in [0, 0.05) is 29.9 Å². The Morgan fingerprint density at radius 1 is 1.26 bits per heavy atom. The summed E-state index contributed by atoms with van der Waals surface area (Å²) in [4.78, 5) is 4.54. The van der Waals surface area contributed by atoms with Gasteiger partial charge in [0.15, 0.2) is 0 Å². The summed E-state index contributed by atoms with van der Waals surface area (Å²) in [6.45, 7) is 1.99. The fourth-order valence-electron chi connectivity index (χ4n) is 2.38. The molecule has 0 fully saturated rings. The highest BCUT2D eigenvalue weighted by atomic mass is 15.2. The summed E-state index contributed by atoms with van der Waals surface area (Å²) in [6, 6.07) is 9.96. The number of rotatable bonds is 2. The van der Waals surface area contributed by atoms with E-state index in [1.165, 1.54) is 0 Å². The predicted molar refractivity (Wildman–Crippen MR) is 75.7 cm³/mol. The maximum Gasteiger partial charge on any atom is 0.0708 e. The van der Waals surface area contributed by atoms with E-state index in [9.17, 15) is 0 Å². The van der Waals surface area contributed by atoms with Crippen LogP contribution in [0.5, 0.6) is 0 Å². The topological polar surface area (TPSA) is 56.7 Å². The summed E-state index contributed by atoms with van der Waals surface area (Å²) in [5.41, 5.74) is 10.5. The number of aromatic nitrogens is 3. The van der Waals surface area contributed by atoms with Crippen molar-refractivity contribution in [1.82, 2.24) is 14.8 Å². The molecule has 2 aromatic heterocycles. The lowest BCUT2D eigenvalue weighted by molar-refractivity contribution is 0.765. The molecule has 0 bridgehead atoms. The van der Waals surface area contributed by atoms with Crippen LogP contribution in [0, 0.1) is 6.92 Å². The molecule has 19 heavy (non-hydrogen) atoms. The quantitative estimate of drug-likeness (QED) is 0.761. The smallest absolute Gasteiger partial charge is 0.0708 e. The lowest BCUT2D eigenvalue weighted by Crippen LogP contribution is -2.12. The third-order valence-corrected chi connectivity index (χ3v) is 3.30. The van der Waals surface area contributed by atoms with Gasteiger partial charge in [-0.05, 0) is 24.6 Å². The SMILES string of the molecule is Cc1cc(C(N)c2cnn(C)c2)c2ccccc2n1. The summed E-state index contributed by atoms with van der Waals surface area (Å²) >= 11 is 0. The van der Waals surface area contributed by atoms with Crippen molar-refractivity contribution in [2.75, 3.05) is 0 Å². The summed E-state index contributed by atoms with van der Waals surface area (Å²) in [6.07, 6.45) is 3.77. The molecular formula is C15H16N4. The normalized spacial score (nSPS) is 12.8. The summed E-state index contributed by atoms with van der Waals surface area (Å²) in [5.74, 6) is 0. The minimum absolute atomic E-state index is 0.180. The fourth-order valence-corrected chi connectivity index (χ4v) is 2.38. The molecule has 0 aliphatic carbocycles. The first-order valence-corrected chi connectivity index (χ1v) is 6.25. The van der Waals surface area contributed by atoms with E-state index in [4.69, 9.17) is 5.73 Å². The van der Waals surface area contributed by atoms with E-state index in [-0.39, 0.29) is 6.04 Å². The third kappa shape index (κ3) is 2.11. The lowest BCUT2D eigenvalue weighted by Gasteiger charge is -2.14. The number of hydrogen-bond donors (Lipinski definition) is 1. The number of para-hydroxylation sites is 1. The van der Waals surface area contributed by atoms with Crippen molar-refractivity contribution in [3.05, 3.63) is 59.5 Å². The van der Waals surface area contributed by atoms with Gasteiger partial charge in [-0.25, -0.2) is 0 Å². The third-order valence-electron chi connectivity index (χ3n) is 3.30. The molecule has 1 atom stereocenters. The maximum atomic E-state index is 6.38. The summed E-state index contributed by atoms with van der Waals surface area (Å²) in [5, 5.41) is 5.29. The van der Waals surface area contributed by atoms with Gasteiger partial charge < -0.3 is 5.73 Å². The number of nitrogens with two attached hydrogens (primary N) is 1. The van der Waals surface area contributed by atoms with Crippen molar-refractivity contribution < 1.29 is 0 Å². The Kier molecular flexibility index (Phi) is 2.80. The van der Waals surface area contributed by atoms with Crippen LogP contribution in [-0.4, -0.2) is 14.8 Å². The number of hydrogen-bond acceptors (Lipinski definition) is 3. The average Bonchev–Trinajstić information content (AvgIpc) is 2.83. The zero-order valence-corrected chi connectivity index (χ0v) is 11.0. The van der Waals surface area contributed by atoms with Crippen LogP contribution in [0.15, 0.2) is 42.7 Å². The van der Waals surface area contributed by atoms with Crippen LogP contribution in [0.3, 0.4) is 0 Å². The molecule has 4 nitrogen and oxygen atoms in total. The van der Waals surface area contributed by atoms with Crippen LogP contribution >= 0.6 is 0 Å². The van der Waals surface area contributed by atoms with E-state index in [2.05, 4.69) is 22.2 Å². The lowest BCUT2D eigenvalue weighted by atomic mass is 9.98. The molecule has 0 saturated carbocycles. The first kappa shape index (κ1) is 11.9. The Bertz CT molecular complexity index is 730. The predicted octanol–water partition coefficient (Wildman–Crippen LogP) is 2.32. The van der Waals surface area contributed by atoms with Crippen LogP contribution in [-0.2, 0) is 7.05 Å². The molecule has 4 heteroatoms. The van der Waals surface area contributed by atoms with Gasteiger partial charge in [-0.3, -0.25) is 9.67 Å². The highest BCUT2D eigenvalue weighted by molar-refractivity contribution is 5.83. The zero-order valence-electron chi connectivity index (χ0n) is 11.0. The Morgan fingerprint density at radius 3 is 2.79 bits per heavy atom. The Hall–Kier alpha value is -2.20. The second kappa shape index (κ2) is 4.48. The van der Waals surface area contributed by atoms with E-state index in [0.717, 1.165) is 27.7 Å². The minimum atomic E-state index is -0.180. The highest BCUT2D eigenvalue weighted by Gasteiger charge is 2.14. The zero-order chi connectivity index (χ0) is 13.4. The average molecular weight is 252 g/mol. The van der Waals surface area contributed by atoms with E-state index in [1.807, 2.05) is 44.6 Å². The van der Waals surface area contributed by atoms with Gasteiger partial charge in [0.2, 0.25) is 0 Å². The first-order chi connectivity index (χ1) is 9.15. The molecular weight excluding hydrogens is 236 g/mol. The van der Waals surface area contributed by atoms with Gasteiger partial charge >= 0.3 is 0 Å². The van der Waals surface area contributed by atoms with Gasteiger partial charge in [0.05, 0.1) is 17.8 Å². The number of nitrogens with zero attached hydrogens (tertiary/aromatic N) is 3. The van der Waals surface area contributed by atoms with E-state index >= 15 is 0 Å². The molecule has 3 rings (SSSR count). The molecule has 0 aliphatic heterocycles. The van der Waals surface area contributed by atoms with Gasteiger partial charge in [0.25, 0.3) is 0 Å². The van der Waals surface area contributed by atoms with Crippen LogP contribution < -0.4 is 5.73 Å². The number of fused-ring (bicyclic) bond motifs is 1. The van der Waals surface area contributed by atoms with Crippen molar-refractivity contribution >= 4 is 10.9 Å². The number of benzene rings is 1. The summed E-state index contributed by atoms with van der Waals surface area (Å²) < 4.78 is 1.77. The molecule has 0 radical (unpaired) electrons. The van der Waals surface area contributed by atoms with Gasteiger partial charge in [-0.2, -0.15) is 5.10 Å². The molecule has 2 heterocycles. The standard InChI is InChI=1S/C15H16N4/c1-10-7-13(12-5-3-4-6-14(12)18-10)15(16)11-8-17-19(2)9-11/h3-9,15H,16H2,1-2H3. The number of aryl methyl sites for hydroxylation is 2. The first-order valence-electron chi connectivity index (χ1n) is 6.25. The van der Waals surface area contributed by atoms with Gasteiger partial charge in [-0.15, -0.1) is 0 Å². The molecule has 2 N–H and O–H groups in total. The minimum Gasteiger partial charge on any atom is -0.320 e. The Labute approximate surface area is 111 Å².